The van der Waals surface area contributed by atoms with Gasteiger partial charge in [-0.15, -0.1) is 0 Å². The van der Waals surface area contributed by atoms with Gasteiger partial charge in [0.25, 0.3) is 5.69 Å². The normalized spacial score (nSPS) is 16.9. The molecule has 0 saturated heterocycles. The van der Waals surface area contributed by atoms with E-state index in [-0.39, 0.29) is 53.5 Å². The molecule has 10 nitrogen and oxygen atoms in total. The number of dihydropyridines is 1. The maximum absolute atomic E-state index is 11.9. The highest BCUT2D eigenvalue weighted by Gasteiger charge is 2.38. The average molecular weight is 377 g/mol. The van der Waals surface area contributed by atoms with Crippen LogP contribution in [0.3, 0.4) is 0 Å². The van der Waals surface area contributed by atoms with Gasteiger partial charge in [-0.05, 0) is 12.5 Å². The van der Waals surface area contributed by atoms with Crippen molar-refractivity contribution in [2.45, 2.75) is 12.8 Å². The Morgan fingerprint density at radius 1 is 1.30 bits per heavy atom. The smallest absolute Gasteiger partial charge is 0.334 e. The third-order valence-electron chi connectivity index (χ3n) is 4.03. The quantitative estimate of drug-likeness (QED) is 0.293. The largest absolute Gasteiger partial charge is 0.478 e. The number of carbonyl (C=O) groups is 2. The van der Waals surface area contributed by atoms with E-state index in [0.29, 0.717) is 0 Å². The first-order chi connectivity index (χ1) is 12.8. The van der Waals surface area contributed by atoms with Crippen LogP contribution in [-0.2, 0) is 14.3 Å². The number of benzene rings is 1. The van der Waals surface area contributed by atoms with Gasteiger partial charge in [-0.25, -0.2) is 9.59 Å². The summed E-state index contributed by atoms with van der Waals surface area (Å²) in [6.07, 6.45) is 0. The van der Waals surface area contributed by atoms with Crippen LogP contribution in [0.25, 0.3) is 0 Å². The van der Waals surface area contributed by atoms with Crippen molar-refractivity contribution in [2.75, 3.05) is 19.8 Å². The van der Waals surface area contributed by atoms with Gasteiger partial charge < -0.3 is 26.0 Å². The van der Waals surface area contributed by atoms with Gasteiger partial charge in [-0.1, -0.05) is 12.1 Å². The monoisotopic (exact) mass is 377 g/mol. The molecule has 1 aromatic rings. The lowest BCUT2D eigenvalue weighted by Gasteiger charge is -2.29. The van der Waals surface area contributed by atoms with Crippen molar-refractivity contribution in [2.24, 2.45) is 5.73 Å². The molecule has 0 aromatic heterocycles. The van der Waals surface area contributed by atoms with E-state index >= 15 is 0 Å². The first-order valence-corrected chi connectivity index (χ1v) is 7.97. The molecule has 10 heteroatoms. The molecule has 0 saturated carbocycles. The highest BCUT2D eigenvalue weighted by Crippen LogP contribution is 2.39. The number of rotatable bonds is 8. The number of nitrogens with two attached hydrogens (primary N) is 1. The van der Waals surface area contributed by atoms with Crippen molar-refractivity contribution in [1.29, 1.82) is 0 Å². The summed E-state index contributed by atoms with van der Waals surface area (Å²) < 4.78 is 5.31. The summed E-state index contributed by atoms with van der Waals surface area (Å²) in [6, 6.07) is 5.26. The maximum atomic E-state index is 11.9. The van der Waals surface area contributed by atoms with E-state index in [0.717, 1.165) is 0 Å². The number of allylic oxidation sites excluding steroid dienone is 1. The molecule has 0 fully saturated rings. The van der Waals surface area contributed by atoms with Gasteiger partial charge in [0.05, 0.1) is 40.9 Å². The Balaban J connectivity index is 2.65. The number of ether oxygens (including phenoxy) is 1. The molecule has 1 atom stereocenters. The van der Waals surface area contributed by atoms with Crippen LogP contribution in [0.1, 0.15) is 18.4 Å². The fraction of sp³-hybridized carbons (Fsp3) is 0.294. The van der Waals surface area contributed by atoms with Gasteiger partial charge in [0, 0.05) is 24.4 Å². The summed E-state index contributed by atoms with van der Waals surface area (Å²) in [4.78, 5) is 34.2. The van der Waals surface area contributed by atoms with E-state index in [4.69, 9.17) is 10.5 Å². The van der Waals surface area contributed by atoms with Crippen molar-refractivity contribution in [3.05, 3.63) is 62.5 Å². The van der Waals surface area contributed by atoms with Gasteiger partial charge in [-0.3, -0.25) is 10.1 Å². The minimum absolute atomic E-state index is 0.117. The van der Waals surface area contributed by atoms with Gasteiger partial charge in [0.15, 0.2) is 0 Å². The zero-order chi connectivity index (χ0) is 20.1. The van der Waals surface area contributed by atoms with Crippen LogP contribution in [0.5, 0.6) is 0 Å². The lowest BCUT2D eigenvalue weighted by molar-refractivity contribution is -0.384. The topological polar surface area (TPSA) is 165 Å². The summed E-state index contributed by atoms with van der Waals surface area (Å²) in [5.74, 6) is -3.87. The zero-order valence-corrected chi connectivity index (χ0v) is 14.5. The van der Waals surface area contributed by atoms with E-state index in [9.17, 15) is 29.9 Å². The van der Waals surface area contributed by atoms with Gasteiger partial charge in [0.2, 0.25) is 0 Å². The molecule has 27 heavy (non-hydrogen) atoms. The Morgan fingerprint density at radius 2 is 1.96 bits per heavy atom. The van der Waals surface area contributed by atoms with E-state index in [1.54, 1.807) is 0 Å². The van der Waals surface area contributed by atoms with Gasteiger partial charge in [0.1, 0.15) is 0 Å². The Morgan fingerprint density at radius 3 is 2.52 bits per heavy atom. The number of hydrogen-bond donors (Lipinski definition) is 4. The van der Waals surface area contributed by atoms with E-state index < -0.39 is 22.8 Å². The number of carboxylic acid groups (broad SMARTS) is 2. The first-order valence-electron chi connectivity index (χ1n) is 7.97. The fourth-order valence-corrected chi connectivity index (χ4v) is 2.96. The number of carboxylic acids is 2. The van der Waals surface area contributed by atoms with Crippen molar-refractivity contribution >= 4 is 17.6 Å². The second-order valence-corrected chi connectivity index (χ2v) is 5.79. The number of nitro groups is 1. The van der Waals surface area contributed by atoms with E-state index in [2.05, 4.69) is 5.32 Å². The fourth-order valence-electron chi connectivity index (χ4n) is 2.96. The summed E-state index contributed by atoms with van der Waals surface area (Å²) in [5.41, 5.74) is 5.26. The van der Waals surface area contributed by atoms with E-state index in [1.165, 1.54) is 31.2 Å². The Bertz CT molecular complexity index is 845. The van der Waals surface area contributed by atoms with Crippen LogP contribution >= 0.6 is 0 Å². The lowest BCUT2D eigenvalue weighted by atomic mass is 9.80. The second-order valence-electron chi connectivity index (χ2n) is 5.79. The van der Waals surface area contributed by atoms with Crippen molar-refractivity contribution in [3.63, 3.8) is 0 Å². The minimum Gasteiger partial charge on any atom is -0.478 e. The molecule has 0 spiro atoms. The third kappa shape index (κ3) is 4.30. The number of aliphatic carboxylic acids is 2. The predicted molar refractivity (Wildman–Crippen MR) is 93.8 cm³/mol. The molecule has 1 heterocycles. The summed E-state index contributed by atoms with van der Waals surface area (Å²) >= 11 is 0. The molecule has 1 aromatic carbocycles. The van der Waals surface area contributed by atoms with Crippen molar-refractivity contribution in [3.8, 4) is 0 Å². The van der Waals surface area contributed by atoms with E-state index in [1.807, 2.05) is 0 Å². The Hall–Kier alpha value is -3.24. The van der Waals surface area contributed by atoms with Crippen LogP contribution in [0.2, 0.25) is 0 Å². The Labute approximate surface area is 154 Å². The molecule has 1 aliphatic rings. The standard InChI is InChI=1S/C17H19N3O7/c1-9-13(16(21)22)14(10-3-2-4-11(7-10)20(25)26)15(17(23)24)12(19-9)8-27-6-5-18/h2-4,7,14,19H,5-6,8,18H2,1H3,(H,21,22)(H,23,24). The first kappa shape index (κ1) is 20.1. The molecule has 2 rings (SSSR count). The molecule has 0 aliphatic carbocycles. The molecule has 0 bridgehead atoms. The van der Waals surface area contributed by atoms with Crippen LogP contribution in [-0.4, -0.2) is 46.8 Å². The SMILES string of the molecule is CC1=C(C(=O)O)C(c2cccc([N+](=O)[O-])c2)C(C(=O)O)=C(COCCN)N1. The maximum Gasteiger partial charge on any atom is 0.334 e. The number of nitrogens with zero attached hydrogens (tertiary/aromatic N) is 1. The number of nitro benzene ring substituents is 1. The Kier molecular flexibility index (Phi) is 6.27. The molecule has 1 unspecified atom stereocenters. The summed E-state index contributed by atoms with van der Waals surface area (Å²) in [5, 5.41) is 33.2. The molecule has 5 N–H and O–H groups in total. The third-order valence-corrected chi connectivity index (χ3v) is 4.03. The number of nitrogens with one attached hydrogen (secondary N) is 1. The molecular weight excluding hydrogens is 358 g/mol. The molecule has 1 aliphatic heterocycles. The van der Waals surface area contributed by atoms with Crippen LogP contribution < -0.4 is 11.1 Å². The summed E-state index contributed by atoms with van der Waals surface area (Å²) in [7, 11) is 0. The van der Waals surface area contributed by atoms with Crippen LogP contribution in [0.15, 0.2) is 46.8 Å². The summed E-state index contributed by atoms with van der Waals surface area (Å²) in [6.45, 7) is 1.80. The highest BCUT2D eigenvalue weighted by atomic mass is 16.6. The molecule has 0 amide bonds. The lowest BCUT2D eigenvalue weighted by Crippen LogP contribution is -2.33. The van der Waals surface area contributed by atoms with Crippen LogP contribution in [0, 0.1) is 10.1 Å². The van der Waals surface area contributed by atoms with Gasteiger partial charge in [-0.2, -0.15) is 0 Å². The zero-order valence-electron chi connectivity index (χ0n) is 14.5. The number of non-ortho nitro benzene ring substituents is 1. The molecular formula is C17H19N3O7. The number of hydrogen-bond acceptors (Lipinski definition) is 7. The van der Waals surface area contributed by atoms with Gasteiger partial charge >= 0.3 is 11.9 Å². The average Bonchev–Trinajstić information content (AvgIpc) is 2.60. The van der Waals surface area contributed by atoms with Crippen molar-refractivity contribution in [1.82, 2.24) is 5.32 Å². The van der Waals surface area contributed by atoms with Crippen LogP contribution in [0.4, 0.5) is 5.69 Å². The molecule has 0 radical (unpaired) electrons. The predicted octanol–water partition coefficient (Wildman–Crippen LogP) is 0.954. The second kappa shape index (κ2) is 8.43. The van der Waals surface area contributed by atoms with Crippen molar-refractivity contribution < 1.29 is 29.5 Å². The highest BCUT2D eigenvalue weighted by molar-refractivity contribution is 5.98. The molecule has 144 valence electrons. The minimum atomic E-state index is -1.35.